The number of likely N-dealkylation sites (tertiary alicyclic amines) is 1. The Balaban J connectivity index is 2.16. The predicted octanol–water partition coefficient (Wildman–Crippen LogP) is 1.24. The van der Waals surface area contributed by atoms with E-state index in [4.69, 9.17) is 5.73 Å². The number of aromatic nitrogens is 2. The molecule has 116 valence electrons. The monoisotopic (exact) mass is 292 g/mol. The molecule has 0 unspecified atom stereocenters. The largest absolute Gasteiger partial charge is 0.393 e. The summed E-state index contributed by atoms with van der Waals surface area (Å²) in [5.74, 6) is 0.463. The third-order valence-electron chi connectivity index (χ3n) is 3.62. The van der Waals surface area contributed by atoms with Crippen molar-refractivity contribution < 1.29 is 9.90 Å². The van der Waals surface area contributed by atoms with E-state index in [-0.39, 0.29) is 18.0 Å². The highest BCUT2D eigenvalue weighted by Gasteiger charge is 2.22. The molecule has 6 heteroatoms. The number of aliphatic hydroxyl groups is 1. The van der Waals surface area contributed by atoms with E-state index in [0.717, 1.165) is 25.0 Å². The number of carbonyl (C=O) groups is 1. The standard InChI is InChI=1S/C15H24N4O2/c1-10(2)8-11-9-13(18-15(16)17-11)14(21)19-6-3-4-12(20)5-7-19/h9-10,12,20H,3-8H2,1-2H3,(H2,16,17,18)/t12-/m0/s1. The SMILES string of the molecule is CC(C)Cc1cc(C(=O)N2CCC[C@H](O)CC2)nc(N)n1. The van der Waals surface area contributed by atoms with Crippen molar-refractivity contribution in [3.8, 4) is 0 Å². The number of amides is 1. The maximum atomic E-state index is 12.5. The summed E-state index contributed by atoms with van der Waals surface area (Å²) in [4.78, 5) is 22.6. The van der Waals surface area contributed by atoms with E-state index in [1.807, 2.05) is 0 Å². The number of rotatable bonds is 3. The number of aliphatic hydroxyl groups excluding tert-OH is 1. The predicted molar refractivity (Wildman–Crippen MR) is 80.7 cm³/mol. The molecule has 1 saturated heterocycles. The van der Waals surface area contributed by atoms with Crippen LogP contribution in [-0.2, 0) is 6.42 Å². The van der Waals surface area contributed by atoms with Gasteiger partial charge in [-0.2, -0.15) is 0 Å². The van der Waals surface area contributed by atoms with Crippen molar-refractivity contribution in [2.75, 3.05) is 18.8 Å². The normalized spacial score (nSPS) is 19.6. The Hall–Kier alpha value is -1.69. The lowest BCUT2D eigenvalue weighted by molar-refractivity contribution is 0.0747. The quantitative estimate of drug-likeness (QED) is 0.874. The summed E-state index contributed by atoms with van der Waals surface area (Å²) in [6.07, 6.45) is 2.63. The summed E-state index contributed by atoms with van der Waals surface area (Å²) in [7, 11) is 0. The zero-order valence-electron chi connectivity index (χ0n) is 12.7. The van der Waals surface area contributed by atoms with Gasteiger partial charge in [0.15, 0.2) is 0 Å². The second-order valence-electron chi connectivity index (χ2n) is 6.08. The van der Waals surface area contributed by atoms with Gasteiger partial charge in [0.05, 0.1) is 6.10 Å². The van der Waals surface area contributed by atoms with Crippen molar-refractivity contribution in [1.29, 1.82) is 0 Å². The second-order valence-corrected chi connectivity index (χ2v) is 6.08. The molecule has 1 atom stereocenters. The molecule has 0 aliphatic carbocycles. The van der Waals surface area contributed by atoms with Crippen LogP contribution in [0, 0.1) is 5.92 Å². The maximum absolute atomic E-state index is 12.5. The van der Waals surface area contributed by atoms with E-state index in [1.54, 1.807) is 11.0 Å². The van der Waals surface area contributed by atoms with E-state index in [2.05, 4.69) is 23.8 Å². The molecule has 0 bridgehead atoms. The fraction of sp³-hybridized carbons (Fsp3) is 0.667. The molecule has 1 fully saturated rings. The van der Waals surface area contributed by atoms with Gasteiger partial charge < -0.3 is 15.7 Å². The smallest absolute Gasteiger partial charge is 0.272 e. The van der Waals surface area contributed by atoms with Crippen LogP contribution in [0.25, 0.3) is 0 Å². The van der Waals surface area contributed by atoms with Crippen molar-refractivity contribution in [3.05, 3.63) is 17.5 Å². The third kappa shape index (κ3) is 4.39. The van der Waals surface area contributed by atoms with Gasteiger partial charge in [-0.3, -0.25) is 4.79 Å². The van der Waals surface area contributed by atoms with Gasteiger partial charge in [0.1, 0.15) is 5.69 Å². The average Bonchev–Trinajstić information content (AvgIpc) is 2.61. The molecule has 2 rings (SSSR count). The molecule has 6 nitrogen and oxygen atoms in total. The fourth-order valence-corrected chi connectivity index (χ4v) is 2.59. The molecule has 1 aromatic heterocycles. The van der Waals surface area contributed by atoms with Crippen LogP contribution in [-0.4, -0.2) is 45.1 Å². The molecular weight excluding hydrogens is 268 g/mol. The van der Waals surface area contributed by atoms with E-state index < -0.39 is 0 Å². The Labute approximate surface area is 125 Å². The number of nitrogens with two attached hydrogens (primary N) is 1. The van der Waals surface area contributed by atoms with Crippen LogP contribution >= 0.6 is 0 Å². The molecule has 1 aliphatic heterocycles. The number of nitrogens with zero attached hydrogens (tertiary/aromatic N) is 3. The summed E-state index contributed by atoms with van der Waals surface area (Å²) in [6, 6.07) is 1.74. The van der Waals surface area contributed by atoms with E-state index in [1.165, 1.54) is 0 Å². The van der Waals surface area contributed by atoms with Gasteiger partial charge in [0, 0.05) is 18.8 Å². The zero-order chi connectivity index (χ0) is 15.4. The Morgan fingerprint density at radius 2 is 2.19 bits per heavy atom. The first-order chi connectivity index (χ1) is 9.95. The van der Waals surface area contributed by atoms with Crippen LogP contribution < -0.4 is 5.73 Å². The lowest BCUT2D eigenvalue weighted by Gasteiger charge is -2.20. The van der Waals surface area contributed by atoms with Crippen molar-refractivity contribution in [1.82, 2.24) is 14.9 Å². The lowest BCUT2D eigenvalue weighted by atomic mass is 10.1. The summed E-state index contributed by atoms with van der Waals surface area (Å²) in [5, 5.41) is 9.66. The van der Waals surface area contributed by atoms with Crippen molar-refractivity contribution in [2.24, 2.45) is 5.92 Å². The summed E-state index contributed by atoms with van der Waals surface area (Å²) < 4.78 is 0. The lowest BCUT2D eigenvalue weighted by Crippen LogP contribution is -2.33. The Bertz CT molecular complexity index is 504. The number of carbonyl (C=O) groups excluding carboxylic acids is 1. The molecule has 1 aromatic rings. The number of anilines is 1. The van der Waals surface area contributed by atoms with Gasteiger partial charge in [-0.15, -0.1) is 0 Å². The third-order valence-corrected chi connectivity index (χ3v) is 3.62. The van der Waals surface area contributed by atoms with Crippen LogP contribution in [0.15, 0.2) is 6.07 Å². The first-order valence-electron chi connectivity index (χ1n) is 7.56. The Morgan fingerprint density at radius 1 is 1.43 bits per heavy atom. The van der Waals surface area contributed by atoms with Gasteiger partial charge in [0.2, 0.25) is 5.95 Å². The molecule has 0 spiro atoms. The van der Waals surface area contributed by atoms with Gasteiger partial charge in [-0.1, -0.05) is 13.8 Å². The van der Waals surface area contributed by atoms with Crippen molar-refractivity contribution in [2.45, 2.75) is 45.6 Å². The minimum Gasteiger partial charge on any atom is -0.393 e. The van der Waals surface area contributed by atoms with Crippen molar-refractivity contribution in [3.63, 3.8) is 0 Å². The zero-order valence-corrected chi connectivity index (χ0v) is 12.7. The van der Waals surface area contributed by atoms with Crippen LogP contribution in [0.5, 0.6) is 0 Å². The highest BCUT2D eigenvalue weighted by Crippen LogP contribution is 2.15. The van der Waals surface area contributed by atoms with Crippen molar-refractivity contribution >= 4 is 11.9 Å². The first-order valence-corrected chi connectivity index (χ1v) is 7.56. The number of hydrogen-bond acceptors (Lipinski definition) is 5. The summed E-state index contributed by atoms with van der Waals surface area (Å²) >= 11 is 0. The number of hydrogen-bond donors (Lipinski definition) is 2. The average molecular weight is 292 g/mol. The molecule has 2 heterocycles. The molecule has 0 aromatic carbocycles. The van der Waals surface area contributed by atoms with E-state index in [0.29, 0.717) is 31.1 Å². The summed E-state index contributed by atoms with van der Waals surface area (Å²) in [5.41, 5.74) is 6.88. The highest BCUT2D eigenvalue weighted by atomic mass is 16.3. The minimum absolute atomic E-state index is 0.122. The van der Waals surface area contributed by atoms with Crippen LogP contribution in [0.4, 0.5) is 5.95 Å². The van der Waals surface area contributed by atoms with Gasteiger partial charge in [0.25, 0.3) is 5.91 Å². The molecular formula is C15H24N4O2. The summed E-state index contributed by atoms with van der Waals surface area (Å²) in [6.45, 7) is 5.40. The van der Waals surface area contributed by atoms with Gasteiger partial charge in [-0.25, -0.2) is 9.97 Å². The Morgan fingerprint density at radius 3 is 2.90 bits per heavy atom. The molecule has 1 aliphatic rings. The molecule has 21 heavy (non-hydrogen) atoms. The molecule has 0 saturated carbocycles. The minimum atomic E-state index is -0.310. The van der Waals surface area contributed by atoms with Crippen LogP contribution in [0.1, 0.15) is 49.3 Å². The second kappa shape index (κ2) is 6.85. The van der Waals surface area contributed by atoms with E-state index in [9.17, 15) is 9.90 Å². The topological polar surface area (TPSA) is 92.3 Å². The first kappa shape index (κ1) is 15.7. The van der Waals surface area contributed by atoms with Gasteiger partial charge >= 0.3 is 0 Å². The van der Waals surface area contributed by atoms with E-state index >= 15 is 0 Å². The molecule has 0 radical (unpaired) electrons. The fourth-order valence-electron chi connectivity index (χ4n) is 2.59. The highest BCUT2D eigenvalue weighted by molar-refractivity contribution is 5.92. The number of nitrogen functional groups attached to an aromatic ring is 1. The maximum Gasteiger partial charge on any atom is 0.272 e. The molecule has 3 N–H and O–H groups in total. The van der Waals surface area contributed by atoms with Crippen LogP contribution in [0.2, 0.25) is 0 Å². The van der Waals surface area contributed by atoms with Gasteiger partial charge in [-0.05, 0) is 37.7 Å². The van der Waals surface area contributed by atoms with Crippen LogP contribution in [0.3, 0.4) is 0 Å². The Kier molecular flexibility index (Phi) is 5.12. The molecule has 1 amide bonds.